The number of rotatable bonds is 15. The highest BCUT2D eigenvalue weighted by atomic mass is 31.1. The van der Waals surface area contributed by atoms with E-state index in [1.54, 1.807) is 12.1 Å². The summed E-state index contributed by atoms with van der Waals surface area (Å²) in [5.41, 5.74) is 6.84. The van der Waals surface area contributed by atoms with Crippen LogP contribution in [0.15, 0.2) is 122 Å². The van der Waals surface area contributed by atoms with Gasteiger partial charge in [-0.25, -0.2) is 4.39 Å². The standard InChI is InChI=1S/C44H47FNO5PSi/c1-30(40-41(32-23-25-35(45)26-24-32)31(2)42(33-15-9-6-10-16-33)46-43(40)34-21-22-34)28-50-52(49)29-36(27-39(47)48)51-53(44(3,4)5,37-17-11-7-12-18-37)38-19-13-8-14-20-38/h6-20,23-26,34,36,52H,1,21-22,27-29H2,2-5H3,(H,47,48)/t36-/m0/s1. The molecule has 6 nitrogen and oxygen atoms in total. The predicted octanol–water partition coefficient (Wildman–Crippen LogP) is 9.66. The monoisotopic (exact) mass is 747 g/mol. The lowest BCUT2D eigenvalue weighted by atomic mass is 9.87. The molecule has 0 radical (unpaired) electrons. The van der Waals surface area contributed by atoms with Gasteiger partial charge in [0.1, 0.15) is 5.82 Å². The minimum Gasteiger partial charge on any atom is -0.481 e. The van der Waals surface area contributed by atoms with Gasteiger partial charge < -0.3 is 14.1 Å². The number of nitrogens with zero attached hydrogens (tertiary/aromatic N) is 1. The zero-order valence-corrected chi connectivity index (χ0v) is 32.8. The Labute approximate surface area is 313 Å². The van der Waals surface area contributed by atoms with Gasteiger partial charge in [0.2, 0.25) is 0 Å². The highest BCUT2D eigenvalue weighted by molar-refractivity contribution is 7.39. The van der Waals surface area contributed by atoms with Gasteiger partial charge in [-0.2, -0.15) is 0 Å². The van der Waals surface area contributed by atoms with E-state index in [4.69, 9.17) is 13.9 Å². The molecular formula is C44H47FNO5PSi. The van der Waals surface area contributed by atoms with Crippen molar-refractivity contribution in [2.45, 2.75) is 64.0 Å². The van der Waals surface area contributed by atoms with Gasteiger partial charge in [0.25, 0.3) is 8.32 Å². The van der Waals surface area contributed by atoms with E-state index < -0.39 is 33.5 Å². The molecule has 9 heteroatoms. The van der Waals surface area contributed by atoms with Gasteiger partial charge in [-0.1, -0.05) is 130 Å². The number of carboxylic acid groups (broad SMARTS) is 1. The van der Waals surface area contributed by atoms with Crippen molar-refractivity contribution >= 4 is 38.3 Å². The van der Waals surface area contributed by atoms with Gasteiger partial charge >= 0.3 is 5.97 Å². The normalized spacial score (nSPS) is 14.4. The van der Waals surface area contributed by atoms with Crippen molar-refractivity contribution in [2.75, 3.05) is 12.8 Å². The topological polar surface area (TPSA) is 85.7 Å². The Bertz CT molecular complexity index is 2040. The Morgan fingerprint density at radius 3 is 1.96 bits per heavy atom. The van der Waals surface area contributed by atoms with E-state index in [1.807, 2.05) is 97.9 Å². The number of hydrogen-bond acceptors (Lipinski definition) is 5. The predicted molar refractivity (Wildman–Crippen MR) is 215 cm³/mol. The summed E-state index contributed by atoms with van der Waals surface area (Å²) in [4.78, 5) is 17.5. The summed E-state index contributed by atoms with van der Waals surface area (Å²) in [6.45, 7) is 12.8. The average Bonchev–Trinajstić information content (AvgIpc) is 3.99. The molecule has 1 aliphatic carbocycles. The van der Waals surface area contributed by atoms with Gasteiger partial charge in [-0.3, -0.25) is 14.3 Å². The first-order valence-electron chi connectivity index (χ1n) is 18.1. The first-order chi connectivity index (χ1) is 25.4. The van der Waals surface area contributed by atoms with Crippen molar-refractivity contribution in [3.05, 3.63) is 144 Å². The lowest BCUT2D eigenvalue weighted by Gasteiger charge is -2.45. The Morgan fingerprint density at radius 1 is 0.906 bits per heavy atom. The van der Waals surface area contributed by atoms with Crippen LogP contribution in [0, 0.1) is 12.7 Å². The van der Waals surface area contributed by atoms with Crippen LogP contribution in [0.4, 0.5) is 4.39 Å². The molecular weight excluding hydrogens is 701 g/mol. The Balaban J connectivity index is 1.32. The van der Waals surface area contributed by atoms with Crippen molar-refractivity contribution in [3.63, 3.8) is 0 Å². The summed E-state index contributed by atoms with van der Waals surface area (Å²) in [7, 11) is -5.96. The third-order valence-corrected chi connectivity index (χ3v) is 16.3. The molecule has 0 amide bonds. The number of pyridine rings is 1. The fourth-order valence-electron chi connectivity index (χ4n) is 7.33. The number of aromatic nitrogens is 1. The van der Waals surface area contributed by atoms with Crippen molar-refractivity contribution in [1.82, 2.24) is 4.98 Å². The molecule has 0 bridgehead atoms. The van der Waals surface area contributed by atoms with Gasteiger partial charge in [0.15, 0.2) is 8.03 Å². The molecule has 274 valence electrons. The number of halogens is 1. The lowest BCUT2D eigenvalue weighted by molar-refractivity contribution is -0.138. The highest BCUT2D eigenvalue weighted by Crippen LogP contribution is 2.48. The summed E-state index contributed by atoms with van der Waals surface area (Å²) >= 11 is 0. The van der Waals surface area contributed by atoms with Gasteiger partial charge in [-0.15, -0.1) is 0 Å². The molecule has 0 saturated heterocycles. The van der Waals surface area contributed by atoms with E-state index in [-0.39, 0.29) is 30.9 Å². The van der Waals surface area contributed by atoms with Crippen LogP contribution < -0.4 is 10.4 Å². The molecule has 53 heavy (non-hydrogen) atoms. The maximum atomic E-state index is 14.2. The first kappa shape index (κ1) is 38.3. The summed E-state index contributed by atoms with van der Waals surface area (Å²) in [6, 6.07) is 36.4. The van der Waals surface area contributed by atoms with Crippen LogP contribution >= 0.6 is 8.03 Å². The molecule has 1 aromatic heterocycles. The number of hydrogen-bond donors (Lipinski definition) is 1. The third kappa shape index (κ3) is 8.52. The number of carboxylic acids is 1. The molecule has 1 fully saturated rings. The fraction of sp³-hybridized carbons (Fsp3) is 0.273. The van der Waals surface area contributed by atoms with Gasteiger partial charge in [0, 0.05) is 23.2 Å². The lowest BCUT2D eigenvalue weighted by Crippen LogP contribution is -2.68. The smallest absolute Gasteiger partial charge is 0.305 e. The molecule has 1 unspecified atom stereocenters. The van der Waals surface area contributed by atoms with Crippen molar-refractivity contribution in [3.8, 4) is 22.4 Å². The fourth-order valence-corrected chi connectivity index (χ4v) is 13.2. The van der Waals surface area contributed by atoms with Crippen LogP contribution in [0.5, 0.6) is 0 Å². The molecule has 1 saturated carbocycles. The summed E-state index contributed by atoms with van der Waals surface area (Å²) in [6.07, 6.45) is 0.710. The van der Waals surface area contributed by atoms with Crippen molar-refractivity contribution in [1.29, 1.82) is 0 Å². The zero-order valence-electron chi connectivity index (χ0n) is 30.8. The number of benzene rings is 4. The Kier molecular flexibility index (Phi) is 11.8. The van der Waals surface area contributed by atoms with E-state index in [0.717, 1.165) is 62.4 Å². The van der Waals surface area contributed by atoms with Gasteiger partial charge in [0.05, 0.1) is 30.5 Å². The van der Waals surface area contributed by atoms with Crippen LogP contribution in [0.2, 0.25) is 5.04 Å². The van der Waals surface area contributed by atoms with Crippen molar-refractivity contribution in [2.24, 2.45) is 0 Å². The van der Waals surface area contributed by atoms with Crippen LogP contribution in [0.25, 0.3) is 28.0 Å². The molecule has 0 spiro atoms. The zero-order chi connectivity index (χ0) is 37.8. The Hall–Kier alpha value is -4.46. The van der Waals surface area contributed by atoms with Gasteiger partial charge in [-0.05, 0) is 69.6 Å². The van der Waals surface area contributed by atoms with Crippen LogP contribution in [-0.4, -0.2) is 43.2 Å². The van der Waals surface area contributed by atoms with E-state index in [2.05, 4.69) is 27.4 Å². The molecule has 6 rings (SSSR count). The quantitative estimate of drug-likeness (QED) is 0.0849. The second kappa shape index (κ2) is 16.3. The van der Waals surface area contributed by atoms with Crippen molar-refractivity contribution < 1.29 is 27.8 Å². The van der Waals surface area contributed by atoms with E-state index in [9.17, 15) is 18.9 Å². The number of carbonyl (C=O) groups is 1. The summed E-state index contributed by atoms with van der Waals surface area (Å²) in [5.74, 6) is -1.13. The molecule has 4 aromatic carbocycles. The minimum atomic E-state index is -3.14. The van der Waals surface area contributed by atoms with E-state index >= 15 is 0 Å². The minimum absolute atomic E-state index is 0.0451. The molecule has 2 atom stereocenters. The molecule has 1 heterocycles. The summed E-state index contributed by atoms with van der Waals surface area (Å²) < 4.78 is 41.3. The Morgan fingerprint density at radius 2 is 1.45 bits per heavy atom. The van der Waals surface area contributed by atoms with Crippen LogP contribution in [-0.2, 0) is 18.3 Å². The maximum Gasteiger partial charge on any atom is 0.305 e. The highest BCUT2D eigenvalue weighted by Gasteiger charge is 2.51. The SMILES string of the molecule is C=C(CO[PH](=O)C[C@H](CC(=O)O)O[Si](c1ccccc1)(c1ccccc1)C(C)(C)C)c1c(C2CC2)nc(-c2ccccc2)c(C)c1-c1ccc(F)cc1. The maximum absolute atomic E-state index is 14.2. The average molecular weight is 748 g/mol. The number of aliphatic carboxylic acids is 1. The second-order valence-electron chi connectivity index (χ2n) is 14.8. The van der Waals surface area contributed by atoms with E-state index in [0.29, 0.717) is 5.57 Å². The molecule has 1 N–H and O–H groups in total. The molecule has 5 aromatic rings. The first-order valence-corrected chi connectivity index (χ1v) is 21.5. The molecule has 0 aliphatic heterocycles. The van der Waals surface area contributed by atoms with Crippen LogP contribution in [0.3, 0.4) is 0 Å². The largest absolute Gasteiger partial charge is 0.481 e. The third-order valence-electron chi connectivity index (χ3n) is 9.93. The van der Waals surface area contributed by atoms with Crippen LogP contribution in [0.1, 0.15) is 62.8 Å². The molecule has 1 aliphatic rings. The summed E-state index contributed by atoms with van der Waals surface area (Å²) in [5, 5.41) is 11.7. The van der Waals surface area contributed by atoms with E-state index in [1.165, 1.54) is 12.1 Å². The second-order valence-corrected chi connectivity index (χ2v) is 20.5.